The number of thiazole rings is 6. The third kappa shape index (κ3) is 33.0. The fourth-order valence-electron chi connectivity index (χ4n) is 11.1. The Bertz CT molecular complexity index is 5470. The van der Waals surface area contributed by atoms with Crippen molar-refractivity contribution in [2.45, 2.75) is 105 Å². The fraction of sp³-hybridized carbons (Fsp3) is 0.263. The van der Waals surface area contributed by atoms with Gasteiger partial charge in [-0.15, -0.1) is 68.0 Å². The molecule has 14 aromatic rings. The van der Waals surface area contributed by atoms with Crippen LogP contribution in [0.15, 0.2) is 228 Å². The standard InChI is InChI=1S/C22H29NO5S.C17H19NO4S.2C17H15NO2S.C11H8FNO2S.C11H9NO2S/c1-4-5-6-7-8-9-10-16-11-12-17(13-20(16)26-2)28-14-19(24)21-23-18(15-29-21)22(25)27-3;1-3-12-5-7-14(8-6-12)22-10-15(19)17-18-13(11-23-17)9-16(20)21-4-2;2*1-2-12-7-9-13(10-8-12)20-11-15(19)17-18-14-5-3-4-6-16(14)21-17;12-8-1-3-9(4-2-8)15-7-10(14)11-13-5-6-16-11;13-10(11-12-6-7-15-11)8-14-9-4-2-1-3-5-9/h11-13,15H,4-10,14H2,1-3H3;5-8,11H,3-4,9-10H2,1-2H3;2*3-10H,2,11H2,1H3;1-6H,7H2;1-7H,8H2. The molecule has 0 aliphatic rings. The van der Waals surface area contributed by atoms with Crippen molar-refractivity contribution in [1.82, 2.24) is 29.9 Å². The van der Waals surface area contributed by atoms with Gasteiger partial charge in [0, 0.05) is 40.0 Å². The number of benzene rings is 8. The number of rotatable bonds is 39. The first-order valence-electron chi connectivity index (χ1n) is 40.2. The quantitative estimate of drug-likeness (QED) is 0.0196. The molecule has 0 atom stereocenters. The number of esters is 2. The lowest BCUT2D eigenvalue weighted by Crippen LogP contribution is -2.12. The Morgan fingerprint density at radius 2 is 0.784 bits per heavy atom. The summed E-state index contributed by atoms with van der Waals surface area (Å²) >= 11 is 7.71. The number of carbonyl (C=O) groups excluding carboxylic acids is 8. The van der Waals surface area contributed by atoms with Gasteiger partial charge in [0.1, 0.15) is 46.1 Å². The molecule has 0 aliphatic carbocycles. The number of aromatic nitrogens is 6. The van der Waals surface area contributed by atoms with E-state index in [1.807, 2.05) is 164 Å². The molecule has 8 aromatic carbocycles. The van der Waals surface area contributed by atoms with Gasteiger partial charge in [-0.25, -0.2) is 39.1 Å². The van der Waals surface area contributed by atoms with E-state index in [1.165, 1.54) is 142 Å². The van der Waals surface area contributed by atoms with Crippen LogP contribution in [-0.2, 0) is 46.4 Å². The topological polar surface area (TPSA) is 297 Å². The van der Waals surface area contributed by atoms with Gasteiger partial charge in [-0.05, 0) is 164 Å². The predicted octanol–water partition coefficient (Wildman–Crippen LogP) is 21.4. The second-order valence-corrected chi connectivity index (χ2v) is 32.4. The van der Waals surface area contributed by atoms with Crippen molar-refractivity contribution < 1.29 is 85.4 Å². The summed E-state index contributed by atoms with van der Waals surface area (Å²) in [5.41, 5.74) is 7.25. The molecule has 0 fully saturated rings. The average Bonchev–Trinajstić information content (AvgIpc) is 1.69. The van der Waals surface area contributed by atoms with Crippen LogP contribution in [0.25, 0.3) is 20.4 Å². The van der Waals surface area contributed by atoms with E-state index in [9.17, 15) is 42.7 Å². The molecule has 0 aliphatic heterocycles. The lowest BCUT2D eigenvalue weighted by molar-refractivity contribution is -0.142. The maximum Gasteiger partial charge on any atom is 0.357 e. The number of Topliss-reactive ketones (excluding diaryl/α,β-unsaturated/α-hetero) is 6. The molecule has 0 radical (unpaired) electrons. The molecule has 0 spiro atoms. The molecule has 0 saturated heterocycles. The van der Waals surface area contributed by atoms with E-state index in [2.05, 4.69) is 62.3 Å². The third-order valence-electron chi connectivity index (χ3n) is 17.8. The monoisotopic (exact) mass is 1800 g/mol. The van der Waals surface area contributed by atoms with Gasteiger partial charge in [0.2, 0.25) is 34.7 Å². The summed E-state index contributed by atoms with van der Waals surface area (Å²) in [5, 5.41) is 9.17. The van der Waals surface area contributed by atoms with Crippen molar-refractivity contribution in [1.29, 1.82) is 0 Å². The highest BCUT2D eigenvalue weighted by Gasteiger charge is 2.20. The Morgan fingerprint density at radius 1 is 0.384 bits per heavy atom. The SMILES string of the molecule is CCCCCCCCc1ccc(OCC(=O)c2nc(C(=O)OC)cs2)cc1OC.CCOC(=O)Cc1csc(C(=O)COc2ccc(CC)cc2)n1.CCc1ccc(OCC(=O)c2nc3ccccc3s2)cc1.CCc1ccc(OCC(=O)c2nc3ccccc3s2)cc1.O=C(COc1ccc(F)cc1)c1nccs1.O=C(COc1ccccc1)c1nccs1. The summed E-state index contributed by atoms with van der Waals surface area (Å²) in [4.78, 5) is 119. The van der Waals surface area contributed by atoms with Crippen molar-refractivity contribution in [3.63, 3.8) is 0 Å². The summed E-state index contributed by atoms with van der Waals surface area (Å²) in [6, 6.07) is 59.2. The minimum absolute atomic E-state index is 0.0191. The zero-order valence-corrected chi connectivity index (χ0v) is 75.0. The molecule has 30 heteroatoms. The van der Waals surface area contributed by atoms with Gasteiger partial charge >= 0.3 is 11.9 Å². The summed E-state index contributed by atoms with van der Waals surface area (Å²) < 4.78 is 62.2. The van der Waals surface area contributed by atoms with E-state index in [1.54, 1.807) is 48.6 Å². The first-order valence-corrected chi connectivity index (χ1v) is 45.3. The molecule has 6 heterocycles. The molecule has 125 heavy (non-hydrogen) atoms. The Labute approximate surface area is 748 Å². The minimum Gasteiger partial charge on any atom is -0.496 e. The molecule has 6 aromatic heterocycles. The first-order chi connectivity index (χ1) is 60.8. The van der Waals surface area contributed by atoms with Crippen LogP contribution in [-0.4, -0.2) is 137 Å². The van der Waals surface area contributed by atoms with E-state index < -0.39 is 5.97 Å². The first kappa shape index (κ1) is 96.4. The number of methoxy groups -OCH3 is 2. The Balaban J connectivity index is 0.000000172. The van der Waals surface area contributed by atoms with E-state index in [0.29, 0.717) is 71.8 Å². The zero-order valence-electron chi connectivity index (χ0n) is 70.1. The maximum atomic E-state index is 12.6. The number of carbonyl (C=O) groups is 8. The van der Waals surface area contributed by atoms with Gasteiger partial charge in [0.25, 0.3) is 0 Å². The molecule has 0 unspecified atom stereocenters. The molecule has 0 saturated carbocycles. The number of unbranched alkanes of at least 4 members (excludes halogenated alkanes) is 5. The summed E-state index contributed by atoms with van der Waals surface area (Å²) in [6.45, 7) is 10.4. The maximum absolute atomic E-state index is 12.6. The number of fused-ring (bicyclic) bond motifs is 2. The van der Waals surface area contributed by atoms with Crippen molar-refractivity contribution in [2.75, 3.05) is 60.5 Å². The van der Waals surface area contributed by atoms with Crippen molar-refractivity contribution in [3.8, 4) is 40.2 Å². The third-order valence-corrected chi connectivity index (χ3v) is 23.4. The highest BCUT2D eigenvalue weighted by molar-refractivity contribution is 7.20. The number of para-hydroxylation sites is 3. The minimum atomic E-state index is -0.563. The van der Waals surface area contributed by atoms with Gasteiger partial charge in [0.15, 0.2) is 75.4 Å². The number of halogens is 1. The largest absolute Gasteiger partial charge is 0.496 e. The van der Waals surface area contributed by atoms with E-state index in [0.717, 1.165) is 75.2 Å². The van der Waals surface area contributed by atoms with E-state index >= 15 is 0 Å². The molecule has 0 bridgehead atoms. The highest BCUT2D eigenvalue weighted by atomic mass is 32.1. The second-order valence-electron chi connectivity index (χ2n) is 26.8. The van der Waals surface area contributed by atoms with Crippen LogP contribution >= 0.6 is 68.0 Å². The summed E-state index contributed by atoms with van der Waals surface area (Å²) in [7, 11) is 2.91. The van der Waals surface area contributed by atoms with Gasteiger partial charge in [-0.3, -0.25) is 33.6 Å². The Kier molecular flexibility index (Phi) is 40.8. The number of aryl methyl sites for hydroxylation is 4. The molecule has 23 nitrogen and oxygen atoms in total. The van der Waals surface area contributed by atoms with Gasteiger partial charge < -0.3 is 42.6 Å². The molecular formula is C95H95FN6O17S6. The Morgan fingerprint density at radius 3 is 1.22 bits per heavy atom. The summed E-state index contributed by atoms with van der Waals surface area (Å²) in [5.74, 6) is 2.38. The predicted molar refractivity (Wildman–Crippen MR) is 489 cm³/mol. The highest BCUT2D eigenvalue weighted by Crippen LogP contribution is 2.29. The molecule has 650 valence electrons. The van der Waals surface area contributed by atoms with Crippen LogP contribution < -0.4 is 33.2 Å². The van der Waals surface area contributed by atoms with Gasteiger partial charge in [0.05, 0.1) is 53.4 Å². The van der Waals surface area contributed by atoms with Crippen LogP contribution in [0.5, 0.6) is 40.2 Å². The summed E-state index contributed by atoms with van der Waals surface area (Å²) in [6.07, 6.45) is 14.6. The number of hydrogen-bond donors (Lipinski definition) is 0. The zero-order chi connectivity index (χ0) is 88.9. The average molecular weight is 1800 g/mol. The van der Waals surface area contributed by atoms with Gasteiger partial charge in [-0.1, -0.05) is 145 Å². The fourth-order valence-corrected chi connectivity index (χ4v) is 15.4. The lowest BCUT2D eigenvalue weighted by atomic mass is 10.0. The number of ketones is 6. The smallest absolute Gasteiger partial charge is 0.357 e. The lowest BCUT2D eigenvalue weighted by Gasteiger charge is -2.11. The molecule has 14 rings (SSSR count). The van der Waals surface area contributed by atoms with Crippen LogP contribution in [0.1, 0.15) is 170 Å². The Hall–Kier alpha value is -12.5. The number of ether oxygens (including phenoxy) is 9. The van der Waals surface area contributed by atoms with Crippen LogP contribution in [0.3, 0.4) is 0 Å². The van der Waals surface area contributed by atoms with E-state index in [4.69, 9.17) is 37.9 Å². The van der Waals surface area contributed by atoms with E-state index in [-0.39, 0.29) is 103 Å². The number of hydrogen-bond acceptors (Lipinski definition) is 29. The molecular weight excluding hydrogens is 1710 g/mol. The van der Waals surface area contributed by atoms with Crippen LogP contribution in [0.2, 0.25) is 0 Å². The van der Waals surface area contributed by atoms with Gasteiger partial charge in [-0.2, -0.15) is 0 Å². The van der Waals surface area contributed by atoms with Crippen molar-refractivity contribution in [3.05, 3.63) is 298 Å². The normalized spacial score (nSPS) is 10.4. The second kappa shape index (κ2) is 52.9. The van der Waals surface area contributed by atoms with Crippen LogP contribution in [0.4, 0.5) is 4.39 Å². The molecule has 0 amide bonds. The van der Waals surface area contributed by atoms with Crippen molar-refractivity contribution in [2.24, 2.45) is 0 Å². The number of nitrogens with zero attached hydrogens (tertiary/aromatic N) is 6. The van der Waals surface area contributed by atoms with Crippen LogP contribution in [0, 0.1) is 5.82 Å². The molecule has 0 N–H and O–H groups in total. The van der Waals surface area contributed by atoms with Crippen molar-refractivity contribution >= 4 is 135 Å².